The molecule has 2 aromatic carbocycles. The summed E-state index contributed by atoms with van der Waals surface area (Å²) in [5.41, 5.74) is 6.83. The van der Waals surface area contributed by atoms with Crippen LogP contribution in [0.5, 0.6) is 0 Å². The first-order chi connectivity index (χ1) is 12.6. The summed E-state index contributed by atoms with van der Waals surface area (Å²) in [4.78, 5) is 10.8. The summed E-state index contributed by atoms with van der Waals surface area (Å²) in [6, 6.07) is 15.1. The quantitative estimate of drug-likeness (QED) is 0.649. The van der Waals surface area contributed by atoms with Crippen molar-refractivity contribution < 1.29 is 9.90 Å². The van der Waals surface area contributed by atoms with E-state index in [-0.39, 0.29) is 16.7 Å². The maximum absolute atomic E-state index is 10.8. The normalized spacial score (nSPS) is 18.9. The molecule has 3 rings (SSSR count). The molecule has 2 heteroatoms. The summed E-state index contributed by atoms with van der Waals surface area (Å²) >= 11 is 0. The van der Waals surface area contributed by atoms with Crippen LogP contribution in [0.2, 0.25) is 0 Å². The zero-order valence-corrected chi connectivity index (χ0v) is 17.0. The lowest BCUT2D eigenvalue weighted by atomic mass is 9.62. The van der Waals surface area contributed by atoms with E-state index in [0.29, 0.717) is 0 Å². The third-order valence-electron chi connectivity index (χ3n) is 6.21. The van der Waals surface area contributed by atoms with E-state index in [9.17, 15) is 4.79 Å². The van der Waals surface area contributed by atoms with Crippen molar-refractivity contribution in [3.8, 4) is 0 Å². The molecule has 0 spiro atoms. The second-order valence-corrected chi connectivity index (χ2v) is 9.14. The van der Waals surface area contributed by atoms with Gasteiger partial charge in [0.15, 0.2) is 0 Å². The highest BCUT2D eigenvalue weighted by Crippen LogP contribution is 2.46. The Balaban J connectivity index is 1.98. The summed E-state index contributed by atoms with van der Waals surface area (Å²) in [6.45, 7) is 11.6. The van der Waals surface area contributed by atoms with Gasteiger partial charge in [-0.1, -0.05) is 77.1 Å². The smallest absolute Gasteiger partial charge is 0.328 e. The lowest BCUT2D eigenvalue weighted by Gasteiger charge is -2.42. The number of carbonyl (C=O) groups is 1. The average molecular weight is 363 g/mol. The van der Waals surface area contributed by atoms with Crippen LogP contribution < -0.4 is 0 Å². The molecule has 0 fully saturated rings. The molecule has 27 heavy (non-hydrogen) atoms. The van der Waals surface area contributed by atoms with Crippen LogP contribution in [0.1, 0.15) is 81.2 Å². The number of rotatable bonds is 4. The Bertz CT molecular complexity index is 887. The molecule has 0 heterocycles. The van der Waals surface area contributed by atoms with E-state index in [1.807, 2.05) is 12.1 Å². The third-order valence-corrected chi connectivity index (χ3v) is 6.21. The van der Waals surface area contributed by atoms with Crippen molar-refractivity contribution in [3.05, 3.63) is 76.4 Å². The van der Waals surface area contributed by atoms with Gasteiger partial charge in [0.1, 0.15) is 0 Å². The van der Waals surface area contributed by atoms with Crippen LogP contribution in [-0.2, 0) is 15.6 Å². The highest BCUT2D eigenvalue weighted by atomic mass is 16.4. The maximum Gasteiger partial charge on any atom is 0.328 e. The van der Waals surface area contributed by atoms with Gasteiger partial charge in [0.05, 0.1) is 0 Å². The van der Waals surface area contributed by atoms with E-state index in [2.05, 4.69) is 65.0 Å². The van der Waals surface area contributed by atoms with Gasteiger partial charge in [-0.2, -0.15) is 0 Å². The first-order valence-corrected chi connectivity index (χ1v) is 9.76. The van der Waals surface area contributed by atoms with Crippen molar-refractivity contribution in [2.75, 3.05) is 0 Å². The zero-order chi connectivity index (χ0) is 19.8. The molecule has 0 aromatic heterocycles. The van der Waals surface area contributed by atoms with E-state index in [1.54, 1.807) is 6.08 Å². The van der Waals surface area contributed by atoms with Crippen LogP contribution in [0.4, 0.5) is 0 Å². The van der Waals surface area contributed by atoms with Crippen molar-refractivity contribution in [1.29, 1.82) is 0 Å². The zero-order valence-electron chi connectivity index (χ0n) is 17.0. The van der Waals surface area contributed by atoms with E-state index < -0.39 is 5.97 Å². The predicted molar refractivity (Wildman–Crippen MR) is 112 cm³/mol. The van der Waals surface area contributed by atoms with Crippen molar-refractivity contribution >= 4 is 12.0 Å². The minimum absolute atomic E-state index is 0.201. The van der Waals surface area contributed by atoms with Gasteiger partial charge in [0.2, 0.25) is 0 Å². The summed E-state index contributed by atoms with van der Waals surface area (Å²) in [5, 5.41) is 8.85. The van der Waals surface area contributed by atoms with Crippen molar-refractivity contribution in [2.45, 2.75) is 64.2 Å². The summed E-state index contributed by atoms with van der Waals surface area (Å²) in [6.07, 6.45) is 5.27. The Morgan fingerprint density at radius 2 is 1.59 bits per heavy atom. The molecule has 1 aliphatic carbocycles. The molecule has 0 saturated heterocycles. The monoisotopic (exact) mass is 362 g/mol. The molecule has 0 radical (unpaired) electrons. The van der Waals surface area contributed by atoms with Crippen LogP contribution in [0, 0.1) is 0 Å². The minimum Gasteiger partial charge on any atom is -0.478 e. The van der Waals surface area contributed by atoms with Crippen LogP contribution in [0.3, 0.4) is 0 Å². The fraction of sp³-hybridized carbons (Fsp3) is 0.400. The summed E-state index contributed by atoms with van der Waals surface area (Å²) < 4.78 is 0. The molecule has 1 atom stereocenters. The van der Waals surface area contributed by atoms with Gasteiger partial charge in [-0.05, 0) is 57.6 Å². The Labute approximate surface area is 162 Å². The lowest BCUT2D eigenvalue weighted by molar-refractivity contribution is -0.131. The Kier molecular flexibility index (Phi) is 5.03. The Morgan fingerprint density at radius 3 is 2.26 bits per heavy atom. The first kappa shape index (κ1) is 19.4. The number of carboxylic acid groups (broad SMARTS) is 1. The SMILES string of the molecule is CC(c1cccc(C=CC(=O)O)c1)c1ccc2c(c1)C(C)(C)CCC2(C)C. The van der Waals surface area contributed by atoms with Gasteiger partial charge < -0.3 is 5.11 Å². The number of hydrogen-bond acceptors (Lipinski definition) is 1. The second kappa shape index (κ2) is 6.99. The molecule has 142 valence electrons. The molecule has 2 nitrogen and oxygen atoms in total. The molecular formula is C25H30O2. The molecule has 1 N–H and O–H groups in total. The standard InChI is InChI=1S/C25H30O2/c1-17(19-8-6-7-18(15-19)9-12-23(26)27)20-10-11-21-22(16-20)25(4,5)14-13-24(21,2)3/h6-12,15-17H,13-14H2,1-5H3,(H,26,27). The van der Waals surface area contributed by atoms with E-state index >= 15 is 0 Å². The van der Waals surface area contributed by atoms with E-state index in [1.165, 1.54) is 41.2 Å². The number of benzene rings is 2. The molecule has 0 saturated carbocycles. The van der Waals surface area contributed by atoms with Crippen molar-refractivity contribution in [1.82, 2.24) is 0 Å². The number of carboxylic acids is 1. The highest BCUT2D eigenvalue weighted by Gasteiger charge is 2.37. The molecule has 1 unspecified atom stereocenters. The Hall–Kier alpha value is -2.35. The fourth-order valence-corrected chi connectivity index (χ4v) is 4.17. The largest absolute Gasteiger partial charge is 0.478 e. The summed E-state index contributed by atoms with van der Waals surface area (Å²) in [7, 11) is 0. The van der Waals surface area contributed by atoms with Crippen molar-refractivity contribution in [2.24, 2.45) is 0 Å². The van der Waals surface area contributed by atoms with Gasteiger partial charge in [0.25, 0.3) is 0 Å². The molecule has 0 amide bonds. The van der Waals surface area contributed by atoms with Crippen LogP contribution in [0.25, 0.3) is 6.08 Å². The van der Waals surface area contributed by atoms with Gasteiger partial charge in [-0.3, -0.25) is 0 Å². The minimum atomic E-state index is -0.923. The predicted octanol–water partition coefficient (Wildman–Crippen LogP) is 6.29. The third kappa shape index (κ3) is 4.00. The average Bonchev–Trinajstić information content (AvgIpc) is 2.63. The fourth-order valence-electron chi connectivity index (χ4n) is 4.17. The molecule has 1 aliphatic rings. The van der Waals surface area contributed by atoms with Crippen LogP contribution >= 0.6 is 0 Å². The maximum atomic E-state index is 10.8. The van der Waals surface area contributed by atoms with Gasteiger partial charge in [-0.25, -0.2) is 4.79 Å². The molecule has 0 bridgehead atoms. The summed E-state index contributed by atoms with van der Waals surface area (Å²) in [5.74, 6) is -0.665. The number of fused-ring (bicyclic) bond motifs is 1. The van der Waals surface area contributed by atoms with E-state index in [4.69, 9.17) is 5.11 Å². The first-order valence-electron chi connectivity index (χ1n) is 9.76. The number of aliphatic carboxylic acids is 1. The van der Waals surface area contributed by atoms with Crippen LogP contribution in [-0.4, -0.2) is 11.1 Å². The second-order valence-electron chi connectivity index (χ2n) is 9.14. The molecular weight excluding hydrogens is 332 g/mol. The topological polar surface area (TPSA) is 37.3 Å². The van der Waals surface area contributed by atoms with Crippen molar-refractivity contribution in [3.63, 3.8) is 0 Å². The van der Waals surface area contributed by atoms with Gasteiger partial charge >= 0.3 is 5.97 Å². The van der Waals surface area contributed by atoms with Gasteiger partial charge in [0, 0.05) is 12.0 Å². The molecule has 2 aromatic rings. The Morgan fingerprint density at radius 1 is 0.963 bits per heavy atom. The van der Waals surface area contributed by atoms with E-state index in [0.717, 1.165) is 5.56 Å². The highest BCUT2D eigenvalue weighted by molar-refractivity contribution is 5.85. The number of hydrogen-bond donors (Lipinski definition) is 1. The lowest BCUT2D eigenvalue weighted by Crippen LogP contribution is -2.34. The molecule has 0 aliphatic heterocycles. The van der Waals surface area contributed by atoms with Gasteiger partial charge in [-0.15, -0.1) is 0 Å². The van der Waals surface area contributed by atoms with Crippen LogP contribution in [0.15, 0.2) is 48.5 Å².